The van der Waals surface area contributed by atoms with Crippen molar-refractivity contribution in [2.24, 2.45) is 7.05 Å². The van der Waals surface area contributed by atoms with E-state index in [-0.39, 0.29) is 5.56 Å². The molecule has 3 heterocycles. The van der Waals surface area contributed by atoms with E-state index in [0.29, 0.717) is 11.5 Å². The minimum Gasteiger partial charge on any atom is -0.384 e. The van der Waals surface area contributed by atoms with Crippen molar-refractivity contribution in [3.63, 3.8) is 0 Å². The predicted molar refractivity (Wildman–Crippen MR) is 122 cm³/mol. The van der Waals surface area contributed by atoms with E-state index in [4.69, 9.17) is 5.73 Å². The van der Waals surface area contributed by atoms with Gasteiger partial charge < -0.3 is 15.2 Å². The maximum Gasteiger partial charge on any atom is 0.250 e. The molecule has 0 saturated heterocycles. The van der Waals surface area contributed by atoms with Gasteiger partial charge in [-0.2, -0.15) is 0 Å². The Morgan fingerprint density at radius 3 is 2.80 bits per heavy atom. The van der Waals surface area contributed by atoms with Gasteiger partial charge in [-0.15, -0.1) is 0 Å². The molecule has 2 aromatic heterocycles. The summed E-state index contributed by atoms with van der Waals surface area (Å²) in [6, 6.07) is 12.9. The molecule has 0 saturated carbocycles. The van der Waals surface area contributed by atoms with Crippen LogP contribution in [0, 0.1) is 11.8 Å². The van der Waals surface area contributed by atoms with Crippen molar-refractivity contribution >= 4 is 22.8 Å². The quantitative estimate of drug-likeness (QED) is 0.674. The number of pyridine rings is 2. The Labute approximate surface area is 175 Å². The first kappa shape index (κ1) is 19.3. The summed E-state index contributed by atoms with van der Waals surface area (Å²) in [5.41, 5.74) is 10.2. The van der Waals surface area contributed by atoms with Crippen LogP contribution >= 0.6 is 0 Å². The van der Waals surface area contributed by atoms with Crippen LogP contribution in [0.15, 0.2) is 77.4 Å². The van der Waals surface area contributed by atoms with Gasteiger partial charge in [0.05, 0.1) is 5.52 Å². The number of aryl methyl sites for hydroxylation is 1. The lowest BCUT2D eigenvalue weighted by Crippen LogP contribution is -2.16. The lowest BCUT2D eigenvalue weighted by Gasteiger charge is -2.21. The first-order valence-corrected chi connectivity index (χ1v) is 9.68. The molecular weight excluding hydrogens is 372 g/mol. The van der Waals surface area contributed by atoms with Gasteiger partial charge in [-0.1, -0.05) is 18.1 Å². The lowest BCUT2D eigenvalue weighted by molar-refractivity contribution is 0.517. The molecule has 1 aliphatic heterocycles. The number of anilines is 1. The molecule has 2 N–H and O–H groups in total. The molecule has 148 valence electrons. The average molecular weight is 394 g/mol. The number of nitrogen functional groups attached to an aromatic ring is 1. The number of aromatic nitrogens is 2. The maximum atomic E-state index is 11.8. The smallest absolute Gasteiger partial charge is 0.250 e. The summed E-state index contributed by atoms with van der Waals surface area (Å²) in [5, 5.41) is 0.963. The van der Waals surface area contributed by atoms with Crippen LogP contribution in [-0.4, -0.2) is 21.0 Å². The molecule has 0 unspecified atom stereocenters. The molecule has 3 aromatic rings. The van der Waals surface area contributed by atoms with Crippen LogP contribution in [0.4, 0.5) is 5.82 Å². The van der Waals surface area contributed by atoms with Crippen LogP contribution < -0.4 is 11.3 Å². The third-order valence-corrected chi connectivity index (χ3v) is 5.03. The van der Waals surface area contributed by atoms with Crippen molar-refractivity contribution < 1.29 is 0 Å². The molecule has 0 radical (unpaired) electrons. The monoisotopic (exact) mass is 394 g/mol. The molecule has 1 aliphatic rings. The van der Waals surface area contributed by atoms with E-state index in [0.717, 1.165) is 34.3 Å². The van der Waals surface area contributed by atoms with Crippen molar-refractivity contribution in [2.45, 2.75) is 6.92 Å². The Hall–Kier alpha value is -4.04. The third-order valence-electron chi connectivity index (χ3n) is 5.03. The molecule has 4 rings (SSSR count). The summed E-state index contributed by atoms with van der Waals surface area (Å²) in [4.78, 5) is 18.4. The van der Waals surface area contributed by atoms with Gasteiger partial charge in [0, 0.05) is 42.7 Å². The van der Waals surface area contributed by atoms with Crippen molar-refractivity contribution in [3.05, 3.63) is 99.8 Å². The molecule has 5 nitrogen and oxygen atoms in total. The van der Waals surface area contributed by atoms with Crippen molar-refractivity contribution in [2.75, 3.05) is 12.3 Å². The summed E-state index contributed by atoms with van der Waals surface area (Å²) in [6.07, 6.45) is 10.3. The number of allylic oxidation sites excluding steroid dienone is 3. The highest BCUT2D eigenvalue weighted by Gasteiger charge is 2.06. The Kier molecular flexibility index (Phi) is 5.23. The van der Waals surface area contributed by atoms with Gasteiger partial charge in [0.2, 0.25) is 0 Å². The van der Waals surface area contributed by atoms with E-state index in [1.807, 2.05) is 48.7 Å². The highest BCUT2D eigenvalue weighted by molar-refractivity contribution is 5.80. The number of rotatable bonds is 2. The van der Waals surface area contributed by atoms with Crippen LogP contribution in [0.2, 0.25) is 0 Å². The zero-order valence-electron chi connectivity index (χ0n) is 17.0. The summed E-state index contributed by atoms with van der Waals surface area (Å²) in [5.74, 6) is 6.78. The highest BCUT2D eigenvalue weighted by atomic mass is 16.1. The van der Waals surface area contributed by atoms with Gasteiger partial charge in [0.1, 0.15) is 11.5 Å². The molecular formula is C25H22N4O. The molecule has 0 bridgehead atoms. The summed E-state index contributed by atoms with van der Waals surface area (Å²) in [6.45, 7) is 2.90. The summed E-state index contributed by atoms with van der Waals surface area (Å²) in [7, 11) is 1.76. The fourth-order valence-electron chi connectivity index (χ4n) is 3.33. The molecule has 1 aromatic carbocycles. The largest absolute Gasteiger partial charge is 0.384 e. The number of nitrogens with two attached hydrogens (primary N) is 1. The summed E-state index contributed by atoms with van der Waals surface area (Å²) < 4.78 is 1.63. The average Bonchev–Trinajstić information content (AvgIpc) is 2.77. The Morgan fingerprint density at radius 1 is 1.13 bits per heavy atom. The number of hydrogen-bond acceptors (Lipinski definition) is 4. The number of hydrogen-bond donors (Lipinski definition) is 1. The Bertz CT molecular complexity index is 1330. The second-order valence-electron chi connectivity index (χ2n) is 7.14. The standard InChI is InChI=1S/C25H22N4O/c1-18(29-14-4-3-5-15-29)16-20-8-12-24(26)27-22(20)10-6-19-7-11-23-21(17-19)9-13-25(30)28(23)2/h3-5,7-9,11-14,16-17H,15H2,1-2H3,(H2,26,27)/b18-16+. The molecule has 0 fully saturated rings. The molecule has 0 aliphatic carbocycles. The van der Waals surface area contributed by atoms with E-state index in [1.165, 1.54) is 0 Å². The van der Waals surface area contributed by atoms with Gasteiger partial charge in [0.25, 0.3) is 5.56 Å². The van der Waals surface area contributed by atoms with E-state index < -0.39 is 0 Å². The fourth-order valence-corrected chi connectivity index (χ4v) is 3.33. The van der Waals surface area contributed by atoms with E-state index in [1.54, 1.807) is 23.7 Å². The molecule has 0 amide bonds. The summed E-state index contributed by atoms with van der Waals surface area (Å²) >= 11 is 0. The zero-order valence-corrected chi connectivity index (χ0v) is 17.0. The minimum atomic E-state index is -0.0314. The topological polar surface area (TPSA) is 64.1 Å². The minimum absolute atomic E-state index is 0.0314. The van der Waals surface area contributed by atoms with Gasteiger partial charge in [-0.3, -0.25) is 4.79 Å². The van der Waals surface area contributed by atoms with Crippen molar-refractivity contribution in [1.82, 2.24) is 14.5 Å². The fraction of sp³-hybridized carbons (Fsp3) is 0.120. The lowest BCUT2D eigenvalue weighted by atomic mass is 10.1. The van der Waals surface area contributed by atoms with Gasteiger partial charge in [-0.05, 0) is 66.8 Å². The SMILES string of the molecule is C/C(=C\c1ccc(N)nc1C#Cc1ccc2c(ccc(=O)n2C)c1)N1C=CC=CC1. The first-order chi connectivity index (χ1) is 14.5. The number of nitrogens with zero attached hydrogens (tertiary/aromatic N) is 3. The van der Waals surface area contributed by atoms with Crippen LogP contribution in [0.1, 0.15) is 23.7 Å². The Balaban J connectivity index is 1.70. The second-order valence-corrected chi connectivity index (χ2v) is 7.14. The second kappa shape index (κ2) is 8.14. The van der Waals surface area contributed by atoms with Gasteiger partial charge in [-0.25, -0.2) is 4.98 Å². The van der Waals surface area contributed by atoms with E-state index in [2.05, 4.69) is 40.8 Å². The number of benzene rings is 1. The predicted octanol–water partition coefficient (Wildman–Crippen LogP) is 3.66. The molecule has 30 heavy (non-hydrogen) atoms. The first-order valence-electron chi connectivity index (χ1n) is 9.68. The number of fused-ring (bicyclic) bond motifs is 1. The van der Waals surface area contributed by atoms with Crippen LogP contribution in [0.3, 0.4) is 0 Å². The van der Waals surface area contributed by atoms with Crippen LogP contribution in [-0.2, 0) is 7.05 Å². The van der Waals surface area contributed by atoms with Gasteiger partial charge >= 0.3 is 0 Å². The van der Waals surface area contributed by atoms with Crippen LogP contribution in [0.25, 0.3) is 17.0 Å². The van der Waals surface area contributed by atoms with Crippen molar-refractivity contribution in [3.8, 4) is 11.8 Å². The highest BCUT2D eigenvalue weighted by Crippen LogP contribution is 2.17. The molecule has 5 heteroatoms. The zero-order chi connectivity index (χ0) is 21.1. The Morgan fingerprint density at radius 2 is 2.00 bits per heavy atom. The molecule has 0 spiro atoms. The third kappa shape index (κ3) is 4.03. The van der Waals surface area contributed by atoms with Crippen molar-refractivity contribution in [1.29, 1.82) is 0 Å². The molecule has 0 atom stereocenters. The van der Waals surface area contributed by atoms with Gasteiger partial charge in [0.15, 0.2) is 0 Å². The van der Waals surface area contributed by atoms with E-state index >= 15 is 0 Å². The maximum absolute atomic E-state index is 11.8. The van der Waals surface area contributed by atoms with E-state index in [9.17, 15) is 4.79 Å². The normalized spacial score (nSPS) is 13.4. The van der Waals surface area contributed by atoms with Crippen LogP contribution in [0.5, 0.6) is 0 Å².